The Hall–Kier alpha value is -3.85. The molecule has 38 heavy (non-hydrogen) atoms. The van der Waals surface area contributed by atoms with Crippen molar-refractivity contribution in [3.05, 3.63) is 108 Å². The number of nitrogens with zero attached hydrogens (tertiary/aromatic N) is 1. The Labute approximate surface area is 219 Å². The molecule has 0 bridgehead atoms. The zero-order valence-electron chi connectivity index (χ0n) is 20.8. The smallest absolute Gasteiger partial charge is 0.379 e. The first kappa shape index (κ1) is 27.2. The maximum absolute atomic E-state index is 13.7. The minimum Gasteiger partial charge on any atom is -0.379 e. The van der Waals surface area contributed by atoms with E-state index < -0.39 is 26.8 Å². The third-order valence-electron chi connectivity index (χ3n) is 6.31. The molecule has 0 aliphatic rings. The van der Waals surface area contributed by atoms with Crippen molar-refractivity contribution in [3.8, 4) is 5.75 Å². The van der Waals surface area contributed by atoms with Crippen LogP contribution >= 0.6 is 0 Å². The summed E-state index contributed by atoms with van der Waals surface area (Å²) < 4.78 is 69.8. The molecule has 0 aliphatic carbocycles. The highest BCUT2D eigenvalue weighted by Crippen LogP contribution is 2.31. The predicted octanol–water partition coefficient (Wildman–Crippen LogP) is 7.07. The van der Waals surface area contributed by atoms with Crippen LogP contribution in [0, 0.1) is 0 Å². The van der Waals surface area contributed by atoms with Crippen LogP contribution < -0.4 is 4.18 Å². The van der Waals surface area contributed by atoms with Crippen LogP contribution in [0.1, 0.15) is 41.8 Å². The SMILES string of the molecule is CCC(C)N(Cc1cccc(OS(=O)(=O)c2cccc(C(F)(F)F)c2)c1)C(=O)c1cccc2ccccc12. The Kier molecular flexibility index (Phi) is 7.78. The highest BCUT2D eigenvalue weighted by molar-refractivity contribution is 7.87. The Balaban J connectivity index is 1.61. The Morgan fingerprint density at radius 2 is 1.61 bits per heavy atom. The molecule has 198 valence electrons. The van der Waals surface area contributed by atoms with Crippen LogP contribution in [0.5, 0.6) is 5.75 Å². The topological polar surface area (TPSA) is 63.7 Å². The van der Waals surface area contributed by atoms with E-state index in [1.54, 1.807) is 23.1 Å². The Morgan fingerprint density at radius 1 is 0.921 bits per heavy atom. The van der Waals surface area contributed by atoms with Crippen molar-refractivity contribution in [2.75, 3.05) is 0 Å². The fourth-order valence-electron chi connectivity index (χ4n) is 4.11. The average molecular weight is 542 g/mol. The number of halogens is 3. The van der Waals surface area contributed by atoms with Gasteiger partial charge in [0.2, 0.25) is 0 Å². The second-order valence-electron chi connectivity index (χ2n) is 8.93. The van der Waals surface area contributed by atoms with Crippen LogP contribution in [0.4, 0.5) is 13.2 Å². The summed E-state index contributed by atoms with van der Waals surface area (Å²) in [4.78, 5) is 14.8. The number of carbonyl (C=O) groups is 1. The molecule has 4 rings (SSSR count). The van der Waals surface area contributed by atoms with Crippen LogP contribution in [-0.4, -0.2) is 25.3 Å². The first-order valence-electron chi connectivity index (χ1n) is 12.0. The lowest BCUT2D eigenvalue weighted by molar-refractivity contribution is -0.137. The van der Waals surface area contributed by atoms with E-state index in [1.165, 1.54) is 12.1 Å². The Bertz CT molecular complexity index is 1560. The molecule has 0 saturated carbocycles. The molecule has 0 heterocycles. The second-order valence-corrected chi connectivity index (χ2v) is 10.5. The van der Waals surface area contributed by atoms with Crippen molar-refractivity contribution in [3.63, 3.8) is 0 Å². The normalized spacial score (nSPS) is 12.8. The molecule has 5 nitrogen and oxygen atoms in total. The highest BCUT2D eigenvalue weighted by Gasteiger charge is 2.32. The van der Waals surface area contributed by atoms with Crippen LogP contribution in [-0.2, 0) is 22.8 Å². The molecule has 0 N–H and O–H groups in total. The summed E-state index contributed by atoms with van der Waals surface area (Å²) in [6.45, 7) is 4.08. The third kappa shape index (κ3) is 5.99. The van der Waals surface area contributed by atoms with Crippen molar-refractivity contribution in [1.82, 2.24) is 4.90 Å². The van der Waals surface area contributed by atoms with E-state index in [0.29, 0.717) is 23.6 Å². The number of alkyl halides is 3. The molecule has 0 aliphatic heterocycles. The molecular weight excluding hydrogens is 515 g/mol. The predicted molar refractivity (Wildman–Crippen MR) is 139 cm³/mol. The van der Waals surface area contributed by atoms with Gasteiger partial charge in [0.15, 0.2) is 0 Å². The average Bonchev–Trinajstić information content (AvgIpc) is 2.90. The van der Waals surface area contributed by atoms with Gasteiger partial charge in [0.1, 0.15) is 10.6 Å². The van der Waals surface area contributed by atoms with E-state index in [0.717, 1.165) is 29.0 Å². The summed E-state index contributed by atoms with van der Waals surface area (Å²) in [6, 6.07) is 22.6. The van der Waals surface area contributed by atoms with Crippen LogP contribution in [0.2, 0.25) is 0 Å². The van der Waals surface area contributed by atoms with Gasteiger partial charge >= 0.3 is 16.3 Å². The monoisotopic (exact) mass is 541 g/mol. The summed E-state index contributed by atoms with van der Waals surface area (Å²) >= 11 is 0. The molecule has 9 heteroatoms. The van der Waals surface area contributed by atoms with Crippen molar-refractivity contribution in [2.24, 2.45) is 0 Å². The zero-order chi connectivity index (χ0) is 27.5. The van der Waals surface area contributed by atoms with Crippen molar-refractivity contribution in [2.45, 2.75) is 43.9 Å². The van der Waals surface area contributed by atoms with Gasteiger partial charge in [-0.3, -0.25) is 4.79 Å². The first-order chi connectivity index (χ1) is 18.0. The lowest BCUT2D eigenvalue weighted by Gasteiger charge is -2.29. The molecule has 1 atom stereocenters. The summed E-state index contributed by atoms with van der Waals surface area (Å²) in [5, 5.41) is 1.77. The van der Waals surface area contributed by atoms with E-state index in [9.17, 15) is 26.4 Å². The first-order valence-corrected chi connectivity index (χ1v) is 13.4. The Morgan fingerprint density at radius 3 is 2.34 bits per heavy atom. The fraction of sp³-hybridized carbons (Fsp3) is 0.207. The lowest BCUT2D eigenvalue weighted by atomic mass is 10.0. The standard InChI is InChI=1S/C29H26F3NO4S/c1-3-20(2)33(28(34)27-16-7-11-22-10-4-5-15-26(22)27)19-21-9-6-13-24(17-21)37-38(35,36)25-14-8-12-23(18-25)29(30,31)32/h4-18,20H,3,19H2,1-2H3. The molecule has 1 unspecified atom stereocenters. The number of hydrogen-bond acceptors (Lipinski definition) is 4. The van der Waals surface area contributed by atoms with E-state index in [2.05, 4.69) is 0 Å². The van der Waals surface area contributed by atoms with Crippen LogP contribution in [0.15, 0.2) is 95.9 Å². The van der Waals surface area contributed by atoms with Gasteiger partial charge in [0, 0.05) is 18.2 Å². The number of amides is 1. The quantitative estimate of drug-likeness (QED) is 0.224. The van der Waals surface area contributed by atoms with E-state index in [-0.39, 0.29) is 24.2 Å². The molecule has 1 amide bonds. The molecule has 4 aromatic carbocycles. The van der Waals surface area contributed by atoms with Gasteiger partial charge in [-0.05, 0) is 66.1 Å². The van der Waals surface area contributed by atoms with Crippen LogP contribution in [0.25, 0.3) is 10.8 Å². The van der Waals surface area contributed by atoms with Gasteiger partial charge in [0.05, 0.1) is 5.56 Å². The van der Waals surface area contributed by atoms with E-state index in [1.807, 2.05) is 50.2 Å². The second kappa shape index (κ2) is 10.9. The fourth-order valence-corrected chi connectivity index (χ4v) is 5.08. The maximum Gasteiger partial charge on any atom is 0.416 e. The number of carbonyl (C=O) groups excluding carboxylic acids is 1. The van der Waals surface area contributed by atoms with Gasteiger partial charge in [-0.1, -0.05) is 61.5 Å². The summed E-state index contributed by atoms with van der Waals surface area (Å²) in [6.07, 6.45) is -4.00. The van der Waals surface area contributed by atoms with E-state index in [4.69, 9.17) is 4.18 Å². The van der Waals surface area contributed by atoms with Crippen LogP contribution in [0.3, 0.4) is 0 Å². The minimum absolute atomic E-state index is 0.0679. The van der Waals surface area contributed by atoms with Gasteiger partial charge in [-0.2, -0.15) is 21.6 Å². The zero-order valence-corrected chi connectivity index (χ0v) is 21.6. The molecule has 4 aromatic rings. The molecule has 0 radical (unpaired) electrons. The largest absolute Gasteiger partial charge is 0.416 e. The number of fused-ring (bicyclic) bond motifs is 1. The van der Waals surface area contributed by atoms with E-state index >= 15 is 0 Å². The molecule has 0 fully saturated rings. The summed E-state index contributed by atoms with van der Waals surface area (Å²) in [5.41, 5.74) is 0.0747. The van der Waals surface area contributed by atoms with Crippen molar-refractivity contribution < 1.29 is 30.6 Å². The minimum atomic E-state index is -4.69. The number of benzene rings is 4. The molecular formula is C29H26F3NO4S. The maximum atomic E-state index is 13.7. The molecule has 0 spiro atoms. The van der Waals surface area contributed by atoms with Gasteiger partial charge < -0.3 is 9.08 Å². The molecule has 0 saturated heterocycles. The summed E-state index contributed by atoms with van der Waals surface area (Å²) in [5.74, 6) is -0.235. The lowest BCUT2D eigenvalue weighted by Crippen LogP contribution is -2.37. The van der Waals surface area contributed by atoms with Crippen molar-refractivity contribution in [1.29, 1.82) is 0 Å². The summed E-state index contributed by atoms with van der Waals surface area (Å²) in [7, 11) is -4.53. The van der Waals surface area contributed by atoms with Gasteiger partial charge in [0.25, 0.3) is 5.91 Å². The van der Waals surface area contributed by atoms with Gasteiger partial charge in [-0.25, -0.2) is 0 Å². The number of rotatable bonds is 8. The van der Waals surface area contributed by atoms with Gasteiger partial charge in [-0.15, -0.1) is 0 Å². The third-order valence-corrected chi connectivity index (χ3v) is 7.55. The van der Waals surface area contributed by atoms with Crippen molar-refractivity contribution >= 4 is 26.8 Å². The highest BCUT2D eigenvalue weighted by atomic mass is 32.2. The number of hydrogen-bond donors (Lipinski definition) is 0. The molecule has 0 aromatic heterocycles.